The molecule has 0 aliphatic carbocycles. The molecule has 2 aromatic rings. The molecule has 3 rings (SSSR count). The first-order valence-electron chi connectivity index (χ1n) is 10.1. The Morgan fingerprint density at radius 3 is 2.72 bits per heavy atom. The van der Waals surface area contributed by atoms with E-state index in [-0.39, 0.29) is 23.7 Å². The van der Waals surface area contributed by atoms with Gasteiger partial charge >= 0.3 is 0 Å². The van der Waals surface area contributed by atoms with E-state index in [1.54, 1.807) is 4.90 Å². The van der Waals surface area contributed by atoms with Crippen LogP contribution in [0.25, 0.3) is 0 Å². The zero-order valence-electron chi connectivity index (χ0n) is 18.0. The van der Waals surface area contributed by atoms with Gasteiger partial charge in [0.2, 0.25) is 11.8 Å². The Hall–Kier alpha value is -3.40. The van der Waals surface area contributed by atoms with Crippen LogP contribution >= 0.6 is 11.8 Å². The van der Waals surface area contributed by atoms with Gasteiger partial charge in [-0.2, -0.15) is 0 Å². The third-order valence-electron chi connectivity index (χ3n) is 4.84. The van der Waals surface area contributed by atoms with Crippen molar-refractivity contribution in [2.45, 2.75) is 31.9 Å². The monoisotopic (exact) mass is 456 g/mol. The number of carbonyl (C=O) groups is 2. The highest BCUT2D eigenvalue weighted by atomic mass is 32.2. The average Bonchev–Trinajstić information content (AvgIpc) is 3.04. The number of nitrogens with one attached hydrogen (secondary N) is 1. The standard InChI is InChI=1S/C22H24N4O5S/c1-4-11-25-21(28)19(32-22(25)24-16-8-6-5-7-14(16)2)13-20(27)23-17-12-15(26(29)30)9-10-18(17)31-3/h5-10,12,19H,4,11,13H2,1-3H3,(H,23,27)/t19-/m1/s1. The van der Waals surface area contributed by atoms with E-state index in [1.807, 2.05) is 38.1 Å². The number of methoxy groups -OCH3 is 1. The fourth-order valence-electron chi connectivity index (χ4n) is 3.22. The number of ether oxygens (including phenoxy) is 1. The normalized spacial score (nSPS) is 17.0. The Balaban J connectivity index is 1.78. The largest absolute Gasteiger partial charge is 0.495 e. The number of aliphatic imine (C=N–C) groups is 1. The van der Waals surface area contributed by atoms with Crippen LogP contribution in [0.4, 0.5) is 17.1 Å². The average molecular weight is 457 g/mol. The molecule has 0 unspecified atom stereocenters. The first kappa shape index (κ1) is 23.3. The molecule has 0 spiro atoms. The summed E-state index contributed by atoms with van der Waals surface area (Å²) in [5, 5.41) is 13.6. The second kappa shape index (κ2) is 10.3. The molecular formula is C22H24N4O5S. The van der Waals surface area contributed by atoms with Crippen LogP contribution in [-0.2, 0) is 9.59 Å². The van der Waals surface area contributed by atoms with Crippen LogP contribution in [-0.4, -0.2) is 45.7 Å². The molecule has 1 heterocycles. The summed E-state index contributed by atoms with van der Waals surface area (Å²) in [7, 11) is 1.41. The van der Waals surface area contributed by atoms with Crippen LogP contribution < -0.4 is 10.1 Å². The molecule has 0 bridgehead atoms. The maximum atomic E-state index is 13.0. The van der Waals surface area contributed by atoms with Gasteiger partial charge < -0.3 is 10.1 Å². The second-order valence-electron chi connectivity index (χ2n) is 7.17. The summed E-state index contributed by atoms with van der Waals surface area (Å²) in [6, 6.07) is 11.6. The number of nitro benzene ring substituents is 1. The minimum Gasteiger partial charge on any atom is -0.495 e. The number of hydrogen-bond donors (Lipinski definition) is 1. The molecule has 1 N–H and O–H groups in total. The van der Waals surface area contributed by atoms with Crippen LogP contribution in [0.5, 0.6) is 5.75 Å². The Morgan fingerprint density at radius 2 is 2.06 bits per heavy atom. The smallest absolute Gasteiger partial charge is 0.271 e. The van der Waals surface area contributed by atoms with Crippen molar-refractivity contribution in [2.75, 3.05) is 19.0 Å². The zero-order valence-corrected chi connectivity index (χ0v) is 18.8. The van der Waals surface area contributed by atoms with E-state index in [4.69, 9.17) is 4.74 Å². The third-order valence-corrected chi connectivity index (χ3v) is 6.01. The number of non-ortho nitro benzene ring substituents is 1. The van der Waals surface area contributed by atoms with Crippen molar-refractivity contribution in [3.8, 4) is 5.75 Å². The van der Waals surface area contributed by atoms with Crippen LogP contribution in [0.3, 0.4) is 0 Å². The number of amidine groups is 1. The predicted octanol–water partition coefficient (Wildman–Crippen LogP) is 4.28. The van der Waals surface area contributed by atoms with E-state index in [0.717, 1.165) is 17.7 Å². The Bertz CT molecular complexity index is 1070. The van der Waals surface area contributed by atoms with Gasteiger partial charge in [-0.3, -0.25) is 24.6 Å². The highest BCUT2D eigenvalue weighted by Crippen LogP contribution is 2.34. The number of para-hydroxylation sites is 1. The van der Waals surface area contributed by atoms with Crippen molar-refractivity contribution in [1.82, 2.24) is 4.90 Å². The van der Waals surface area contributed by atoms with Crippen LogP contribution in [0.1, 0.15) is 25.3 Å². The SMILES string of the molecule is CCCN1C(=O)[C@@H](CC(=O)Nc2cc([N+](=O)[O-])ccc2OC)SC1=Nc1ccccc1C. The Morgan fingerprint density at radius 1 is 1.31 bits per heavy atom. The van der Waals surface area contributed by atoms with E-state index in [1.165, 1.54) is 37.1 Å². The fraction of sp³-hybridized carbons (Fsp3) is 0.318. The number of benzene rings is 2. The lowest BCUT2D eigenvalue weighted by Gasteiger charge is -2.15. The number of thioether (sulfide) groups is 1. The van der Waals surface area contributed by atoms with Gasteiger partial charge in [0.25, 0.3) is 5.69 Å². The summed E-state index contributed by atoms with van der Waals surface area (Å²) in [6.45, 7) is 4.42. The van der Waals surface area contributed by atoms with Crippen molar-refractivity contribution in [3.05, 3.63) is 58.1 Å². The molecule has 168 valence electrons. The molecule has 9 nitrogen and oxygen atoms in total. The molecule has 1 saturated heterocycles. The topological polar surface area (TPSA) is 114 Å². The fourth-order valence-corrected chi connectivity index (χ4v) is 4.40. The van der Waals surface area contributed by atoms with Crippen molar-refractivity contribution in [2.24, 2.45) is 4.99 Å². The van der Waals surface area contributed by atoms with Gasteiger partial charge in [-0.05, 0) is 31.0 Å². The molecular weight excluding hydrogens is 432 g/mol. The molecule has 1 aliphatic rings. The van der Waals surface area contributed by atoms with Gasteiger partial charge in [0.15, 0.2) is 5.17 Å². The molecule has 1 fully saturated rings. The lowest BCUT2D eigenvalue weighted by molar-refractivity contribution is -0.384. The number of aryl methyl sites for hydroxylation is 1. The molecule has 1 atom stereocenters. The summed E-state index contributed by atoms with van der Waals surface area (Å²) in [5.74, 6) is -0.322. The second-order valence-corrected chi connectivity index (χ2v) is 8.34. The molecule has 2 aromatic carbocycles. The summed E-state index contributed by atoms with van der Waals surface area (Å²) in [5.41, 5.74) is 1.77. The summed E-state index contributed by atoms with van der Waals surface area (Å²) >= 11 is 1.25. The quantitative estimate of drug-likeness (QED) is 0.468. The third kappa shape index (κ3) is 5.25. The molecule has 0 radical (unpaired) electrons. The molecule has 10 heteroatoms. The maximum Gasteiger partial charge on any atom is 0.271 e. The van der Waals surface area contributed by atoms with Crippen molar-refractivity contribution >= 4 is 45.8 Å². The van der Waals surface area contributed by atoms with Gasteiger partial charge in [-0.25, -0.2) is 4.99 Å². The predicted molar refractivity (Wildman–Crippen MR) is 125 cm³/mol. The van der Waals surface area contributed by atoms with Crippen LogP contribution in [0, 0.1) is 17.0 Å². The number of hydrogen-bond acceptors (Lipinski definition) is 7. The minimum absolute atomic E-state index is 0.0949. The van der Waals surface area contributed by atoms with Gasteiger partial charge in [0, 0.05) is 25.1 Å². The minimum atomic E-state index is -0.631. The van der Waals surface area contributed by atoms with E-state index in [2.05, 4.69) is 10.3 Å². The zero-order chi connectivity index (χ0) is 23.3. The van der Waals surface area contributed by atoms with Gasteiger partial charge in [-0.15, -0.1) is 0 Å². The highest BCUT2D eigenvalue weighted by Gasteiger charge is 2.38. The van der Waals surface area contributed by atoms with E-state index >= 15 is 0 Å². The van der Waals surface area contributed by atoms with Gasteiger partial charge in [0.05, 0.1) is 23.4 Å². The van der Waals surface area contributed by atoms with Gasteiger partial charge in [0.1, 0.15) is 11.0 Å². The summed E-state index contributed by atoms with van der Waals surface area (Å²) < 4.78 is 5.18. The van der Waals surface area contributed by atoms with E-state index < -0.39 is 16.1 Å². The number of nitro groups is 1. The maximum absolute atomic E-state index is 13.0. The van der Waals surface area contributed by atoms with Crippen LogP contribution in [0.15, 0.2) is 47.5 Å². The number of rotatable bonds is 8. The molecule has 1 aliphatic heterocycles. The molecule has 32 heavy (non-hydrogen) atoms. The molecule has 0 saturated carbocycles. The highest BCUT2D eigenvalue weighted by molar-refractivity contribution is 8.15. The first-order chi connectivity index (χ1) is 15.3. The lowest BCUT2D eigenvalue weighted by Crippen LogP contribution is -2.34. The van der Waals surface area contributed by atoms with Crippen LogP contribution in [0.2, 0.25) is 0 Å². The number of nitrogens with zero attached hydrogens (tertiary/aromatic N) is 3. The van der Waals surface area contributed by atoms with E-state index in [0.29, 0.717) is 17.5 Å². The Kier molecular flexibility index (Phi) is 7.47. The van der Waals surface area contributed by atoms with Crippen molar-refractivity contribution in [1.29, 1.82) is 0 Å². The number of carbonyl (C=O) groups excluding carboxylic acids is 2. The van der Waals surface area contributed by atoms with Crippen molar-refractivity contribution in [3.63, 3.8) is 0 Å². The van der Waals surface area contributed by atoms with Gasteiger partial charge in [-0.1, -0.05) is 36.9 Å². The summed E-state index contributed by atoms with van der Waals surface area (Å²) in [6.07, 6.45) is 0.658. The summed E-state index contributed by atoms with van der Waals surface area (Å²) in [4.78, 5) is 42.4. The van der Waals surface area contributed by atoms with E-state index in [9.17, 15) is 19.7 Å². The molecule has 0 aromatic heterocycles. The first-order valence-corrected chi connectivity index (χ1v) is 11.0. The van der Waals surface area contributed by atoms with Crippen molar-refractivity contribution < 1.29 is 19.2 Å². The number of amides is 2. The Labute approximate surface area is 190 Å². The lowest BCUT2D eigenvalue weighted by atomic mass is 10.2. The molecule has 2 amide bonds. The number of anilines is 1.